The zero-order valence-corrected chi connectivity index (χ0v) is 13.9. The molecule has 0 amide bonds. The Labute approximate surface area is 151 Å². The van der Waals surface area contributed by atoms with Crippen molar-refractivity contribution < 1.29 is 35.1 Å². The summed E-state index contributed by atoms with van der Waals surface area (Å²) >= 11 is 0.910. The molecule has 0 bridgehead atoms. The molecule has 0 saturated heterocycles. The summed E-state index contributed by atoms with van der Waals surface area (Å²) in [5.41, 5.74) is -2.73. The average molecular weight is 408 g/mol. The fourth-order valence-electron chi connectivity index (χ4n) is 2.44. The van der Waals surface area contributed by atoms with E-state index in [0.29, 0.717) is 34.0 Å². The van der Waals surface area contributed by atoms with E-state index < -0.39 is 35.1 Å². The molecule has 0 saturated carbocycles. The van der Waals surface area contributed by atoms with Crippen LogP contribution in [0.3, 0.4) is 0 Å². The summed E-state index contributed by atoms with van der Waals surface area (Å²) in [5.74, 6) is -2.84. The quantitative estimate of drug-likeness (QED) is 0.388. The summed E-state index contributed by atoms with van der Waals surface area (Å²) in [5, 5.41) is 0. The van der Waals surface area contributed by atoms with Crippen molar-refractivity contribution in [3.63, 3.8) is 0 Å². The van der Waals surface area contributed by atoms with Gasteiger partial charge in [-0.3, -0.25) is 0 Å². The van der Waals surface area contributed by atoms with E-state index in [1.54, 1.807) is 0 Å². The topological polar surface area (TPSA) is 0 Å². The van der Waals surface area contributed by atoms with E-state index in [4.69, 9.17) is 0 Å². The molecule has 2 aromatic carbocycles. The Morgan fingerprint density at radius 1 is 0.556 bits per heavy atom. The molecule has 0 unspecified atom stereocenters. The molecule has 27 heavy (non-hydrogen) atoms. The van der Waals surface area contributed by atoms with E-state index in [1.165, 1.54) is 12.1 Å². The Kier molecular flexibility index (Phi) is 4.75. The van der Waals surface area contributed by atoms with Crippen molar-refractivity contribution in [2.75, 3.05) is 0 Å². The Bertz CT molecular complexity index is 904. The minimum Gasteiger partial charge on any atom is -0.206 e. The summed E-state index contributed by atoms with van der Waals surface area (Å²) in [6, 6.07) is 7.73. The Balaban J connectivity index is 2.02. The van der Waals surface area contributed by atoms with Gasteiger partial charge < -0.3 is 0 Å². The van der Waals surface area contributed by atoms with Gasteiger partial charge in [-0.1, -0.05) is 12.1 Å². The SMILES string of the molecule is Fc1ccc(-c2ccc(-c3ccc(F)c(C(F)(F)F)c3)s2)cc1C(F)(F)F. The van der Waals surface area contributed by atoms with Gasteiger partial charge in [0.05, 0.1) is 11.1 Å². The normalized spacial score (nSPS) is 12.4. The lowest BCUT2D eigenvalue weighted by Crippen LogP contribution is -2.08. The van der Waals surface area contributed by atoms with Gasteiger partial charge in [0, 0.05) is 9.75 Å². The van der Waals surface area contributed by atoms with Crippen LogP contribution in [0.1, 0.15) is 11.1 Å². The van der Waals surface area contributed by atoms with Gasteiger partial charge in [0.2, 0.25) is 0 Å². The lowest BCUT2D eigenvalue weighted by molar-refractivity contribution is -0.140. The van der Waals surface area contributed by atoms with Gasteiger partial charge in [0.25, 0.3) is 0 Å². The fraction of sp³-hybridized carbons (Fsp3) is 0.111. The predicted octanol–water partition coefficient (Wildman–Crippen LogP) is 7.40. The van der Waals surface area contributed by atoms with Crippen LogP contribution in [0.25, 0.3) is 20.9 Å². The molecule has 3 aromatic rings. The van der Waals surface area contributed by atoms with Crippen molar-refractivity contribution in [2.45, 2.75) is 12.4 Å². The zero-order valence-electron chi connectivity index (χ0n) is 13.1. The van der Waals surface area contributed by atoms with E-state index in [9.17, 15) is 35.1 Å². The van der Waals surface area contributed by atoms with Gasteiger partial charge in [-0.05, 0) is 47.5 Å². The first kappa shape index (κ1) is 19.3. The molecule has 142 valence electrons. The Hall–Kier alpha value is -2.42. The molecule has 0 aliphatic heterocycles. The van der Waals surface area contributed by atoms with Crippen molar-refractivity contribution in [2.24, 2.45) is 0 Å². The summed E-state index contributed by atoms with van der Waals surface area (Å²) in [6.45, 7) is 0. The second kappa shape index (κ2) is 6.63. The number of hydrogen-bond donors (Lipinski definition) is 0. The van der Waals surface area contributed by atoms with Crippen LogP contribution in [-0.4, -0.2) is 0 Å². The third kappa shape index (κ3) is 3.97. The van der Waals surface area contributed by atoms with Gasteiger partial charge in [-0.25, -0.2) is 8.78 Å². The molecule has 1 aromatic heterocycles. The third-order valence-electron chi connectivity index (χ3n) is 3.72. The third-order valence-corrected chi connectivity index (χ3v) is 4.90. The number of alkyl halides is 6. The molecule has 0 radical (unpaired) electrons. The molecule has 0 nitrogen and oxygen atoms in total. The molecule has 0 atom stereocenters. The summed E-state index contributed by atoms with van der Waals surface area (Å²) in [4.78, 5) is 0.599. The molecule has 0 N–H and O–H groups in total. The van der Waals surface area contributed by atoms with E-state index in [1.807, 2.05) is 0 Å². The number of benzene rings is 2. The van der Waals surface area contributed by atoms with Crippen molar-refractivity contribution in [1.29, 1.82) is 0 Å². The van der Waals surface area contributed by atoms with E-state index >= 15 is 0 Å². The van der Waals surface area contributed by atoms with Gasteiger partial charge >= 0.3 is 12.4 Å². The fourth-order valence-corrected chi connectivity index (χ4v) is 3.44. The number of rotatable bonds is 2. The number of hydrogen-bond acceptors (Lipinski definition) is 1. The minimum atomic E-state index is -4.88. The number of halogens is 8. The molecule has 3 rings (SSSR count). The Morgan fingerprint density at radius 2 is 0.926 bits per heavy atom. The van der Waals surface area contributed by atoms with Crippen LogP contribution in [0.15, 0.2) is 48.5 Å². The van der Waals surface area contributed by atoms with Crippen molar-refractivity contribution in [3.05, 3.63) is 71.3 Å². The van der Waals surface area contributed by atoms with E-state index in [-0.39, 0.29) is 11.1 Å². The number of thiophene rings is 1. The van der Waals surface area contributed by atoms with Crippen LogP contribution in [0.2, 0.25) is 0 Å². The zero-order chi connectivity index (χ0) is 20.0. The predicted molar refractivity (Wildman–Crippen MR) is 85.1 cm³/mol. The lowest BCUT2D eigenvalue weighted by Gasteiger charge is -2.10. The van der Waals surface area contributed by atoms with Crippen LogP contribution < -0.4 is 0 Å². The first-order valence-corrected chi connectivity index (χ1v) is 8.12. The maximum atomic E-state index is 13.4. The standard InChI is InChI=1S/C18H8F8S/c19-13-3-1-9(7-11(13)17(21,22)23)15-5-6-16(27-15)10-2-4-14(20)12(8-10)18(24,25)26/h1-8H. The van der Waals surface area contributed by atoms with Gasteiger partial charge in [-0.15, -0.1) is 11.3 Å². The van der Waals surface area contributed by atoms with Crippen LogP contribution in [0.4, 0.5) is 35.1 Å². The largest absolute Gasteiger partial charge is 0.419 e. The second-order valence-electron chi connectivity index (χ2n) is 5.55. The van der Waals surface area contributed by atoms with Crippen LogP contribution >= 0.6 is 11.3 Å². The smallest absolute Gasteiger partial charge is 0.206 e. The molecule has 0 spiro atoms. The first-order chi connectivity index (χ1) is 12.5. The molecule has 0 aliphatic rings. The maximum absolute atomic E-state index is 13.4. The average Bonchev–Trinajstić information content (AvgIpc) is 3.03. The van der Waals surface area contributed by atoms with Crippen LogP contribution in [-0.2, 0) is 12.4 Å². The highest BCUT2D eigenvalue weighted by molar-refractivity contribution is 7.18. The Morgan fingerprint density at radius 3 is 1.26 bits per heavy atom. The van der Waals surface area contributed by atoms with Gasteiger partial charge in [0.15, 0.2) is 0 Å². The molecule has 0 aliphatic carbocycles. The van der Waals surface area contributed by atoms with Gasteiger partial charge in [0.1, 0.15) is 11.6 Å². The van der Waals surface area contributed by atoms with Crippen LogP contribution in [0.5, 0.6) is 0 Å². The molecule has 9 heteroatoms. The van der Waals surface area contributed by atoms with Crippen LogP contribution in [0, 0.1) is 11.6 Å². The second-order valence-corrected chi connectivity index (χ2v) is 6.63. The maximum Gasteiger partial charge on any atom is 0.419 e. The van der Waals surface area contributed by atoms with Crippen molar-refractivity contribution in [1.82, 2.24) is 0 Å². The first-order valence-electron chi connectivity index (χ1n) is 7.31. The molecule has 1 heterocycles. The monoisotopic (exact) mass is 408 g/mol. The molecule has 0 fully saturated rings. The van der Waals surface area contributed by atoms with E-state index in [2.05, 4.69) is 0 Å². The van der Waals surface area contributed by atoms with Crippen molar-refractivity contribution >= 4 is 11.3 Å². The lowest BCUT2D eigenvalue weighted by atomic mass is 10.1. The summed E-state index contributed by atoms with van der Waals surface area (Å²) in [6.07, 6.45) is -9.75. The summed E-state index contributed by atoms with van der Waals surface area (Å²) in [7, 11) is 0. The molecular weight excluding hydrogens is 400 g/mol. The summed E-state index contributed by atoms with van der Waals surface area (Å²) < 4.78 is 104. The highest BCUT2D eigenvalue weighted by Crippen LogP contribution is 2.40. The highest BCUT2D eigenvalue weighted by atomic mass is 32.1. The van der Waals surface area contributed by atoms with Crippen molar-refractivity contribution in [3.8, 4) is 20.9 Å². The van der Waals surface area contributed by atoms with Gasteiger partial charge in [-0.2, -0.15) is 26.3 Å². The highest BCUT2D eigenvalue weighted by Gasteiger charge is 2.35. The minimum absolute atomic E-state index is 0.0677. The van der Waals surface area contributed by atoms with E-state index in [0.717, 1.165) is 23.5 Å². The molecular formula is C18H8F8S.